The van der Waals surface area contributed by atoms with E-state index in [2.05, 4.69) is 6.92 Å². The predicted molar refractivity (Wildman–Crippen MR) is 166 cm³/mol. The zero-order valence-electron chi connectivity index (χ0n) is 25.4. The first kappa shape index (κ1) is 35.9. The van der Waals surface area contributed by atoms with Crippen LogP contribution in [0.1, 0.15) is 212 Å². The van der Waals surface area contributed by atoms with E-state index in [1.807, 2.05) is 0 Å². The Labute approximate surface area is 229 Å². The molecule has 0 aromatic rings. The van der Waals surface area contributed by atoms with Crippen molar-refractivity contribution >= 4 is 0 Å². The van der Waals surface area contributed by atoms with Crippen LogP contribution in [0.3, 0.4) is 0 Å². The van der Waals surface area contributed by atoms with E-state index in [1.165, 1.54) is 199 Å². The van der Waals surface area contributed by atoms with Crippen LogP contribution in [0.2, 0.25) is 0 Å². The Hall–Kier alpha value is -0.0800. The maximum atomic E-state index is 5.58. The second-order valence-corrected chi connectivity index (χ2v) is 12.1. The minimum absolute atomic E-state index is 0.103. The molecule has 36 heavy (non-hydrogen) atoms. The van der Waals surface area contributed by atoms with Gasteiger partial charge in [-0.25, -0.2) is 0 Å². The summed E-state index contributed by atoms with van der Waals surface area (Å²) in [6.07, 6.45) is 45.9. The van der Waals surface area contributed by atoms with Crippen LogP contribution in [0, 0.1) is 0 Å². The van der Waals surface area contributed by atoms with Gasteiger partial charge in [-0.3, -0.25) is 0 Å². The molecule has 0 aliphatic heterocycles. The molecule has 0 fully saturated rings. The smallest absolute Gasteiger partial charge is 0.0520 e. The van der Waals surface area contributed by atoms with Crippen LogP contribution in [-0.4, -0.2) is 6.17 Å². The van der Waals surface area contributed by atoms with Crippen LogP contribution in [0.25, 0.3) is 0 Å². The van der Waals surface area contributed by atoms with Crippen molar-refractivity contribution in [3.63, 3.8) is 0 Å². The van der Waals surface area contributed by atoms with Crippen LogP contribution < -0.4 is 11.5 Å². The van der Waals surface area contributed by atoms with Crippen LogP contribution in [-0.2, 0) is 0 Å². The lowest BCUT2D eigenvalue weighted by molar-refractivity contribution is 0.509. The molecule has 0 amide bonds. The molecule has 0 rings (SSSR count). The van der Waals surface area contributed by atoms with Gasteiger partial charge in [0.2, 0.25) is 0 Å². The first-order valence-electron chi connectivity index (χ1n) is 17.3. The molecule has 0 aliphatic rings. The Morgan fingerprint density at radius 2 is 0.444 bits per heavy atom. The molecule has 2 nitrogen and oxygen atoms in total. The second-order valence-electron chi connectivity index (χ2n) is 12.1. The third kappa shape index (κ3) is 33.9. The Balaban J connectivity index is 3.01. The van der Waals surface area contributed by atoms with Gasteiger partial charge in [0, 0.05) is 0 Å². The predicted octanol–water partition coefficient (Wildman–Crippen LogP) is 11.7. The average molecular weight is 509 g/mol. The van der Waals surface area contributed by atoms with Gasteiger partial charge in [-0.2, -0.15) is 0 Å². The molecule has 0 radical (unpaired) electrons. The Bertz CT molecular complexity index is 368. The van der Waals surface area contributed by atoms with Gasteiger partial charge >= 0.3 is 0 Å². The quantitative estimate of drug-likeness (QED) is 0.0701. The van der Waals surface area contributed by atoms with E-state index in [9.17, 15) is 0 Å². The van der Waals surface area contributed by atoms with Gasteiger partial charge in [0.05, 0.1) is 6.17 Å². The number of nitrogens with two attached hydrogens (primary N) is 2. The maximum Gasteiger partial charge on any atom is 0.0520 e. The molecule has 0 saturated heterocycles. The molecule has 0 aromatic heterocycles. The Morgan fingerprint density at radius 1 is 0.278 bits per heavy atom. The molecule has 218 valence electrons. The van der Waals surface area contributed by atoms with E-state index in [4.69, 9.17) is 11.5 Å². The Kier molecular flexibility index (Phi) is 32.9. The van der Waals surface area contributed by atoms with E-state index < -0.39 is 0 Å². The fourth-order valence-corrected chi connectivity index (χ4v) is 5.58. The summed E-state index contributed by atoms with van der Waals surface area (Å²) in [7, 11) is 0. The van der Waals surface area contributed by atoms with Gasteiger partial charge in [0.25, 0.3) is 0 Å². The fourth-order valence-electron chi connectivity index (χ4n) is 5.58. The van der Waals surface area contributed by atoms with Crippen LogP contribution in [0.15, 0.2) is 0 Å². The normalized spacial score (nSPS) is 11.7. The minimum atomic E-state index is -0.103. The van der Waals surface area contributed by atoms with Crippen molar-refractivity contribution in [1.82, 2.24) is 0 Å². The molecular weight excluding hydrogens is 436 g/mol. The lowest BCUT2D eigenvalue weighted by Crippen LogP contribution is -2.29. The Morgan fingerprint density at radius 3 is 0.611 bits per heavy atom. The second kappa shape index (κ2) is 32.9. The largest absolute Gasteiger partial charge is 0.316 e. The first-order valence-corrected chi connectivity index (χ1v) is 17.3. The summed E-state index contributed by atoms with van der Waals surface area (Å²) in [4.78, 5) is 0. The molecule has 0 heterocycles. The topological polar surface area (TPSA) is 52.0 Å². The average Bonchev–Trinajstić information content (AvgIpc) is 2.87. The van der Waals surface area contributed by atoms with Crippen molar-refractivity contribution in [3.8, 4) is 0 Å². The number of hydrogen-bond acceptors (Lipinski definition) is 2. The SMILES string of the molecule is CCCCCCCCCCCCCCCCCCCCCCCCCCCCCCCCCC(N)N. The standard InChI is InChI=1S/C34H72N2/c1-2-3-4-5-6-7-8-9-10-11-12-13-14-15-16-17-18-19-20-21-22-23-24-25-26-27-28-29-30-31-32-33-34(35)36/h34H,2-33,35-36H2,1H3. The summed E-state index contributed by atoms with van der Waals surface area (Å²) in [5, 5.41) is 0. The van der Waals surface area contributed by atoms with E-state index in [0.29, 0.717) is 0 Å². The lowest BCUT2D eigenvalue weighted by atomic mass is 10.0. The summed E-state index contributed by atoms with van der Waals surface area (Å²) in [5.74, 6) is 0. The lowest BCUT2D eigenvalue weighted by Gasteiger charge is -2.05. The van der Waals surface area contributed by atoms with Crippen LogP contribution in [0.5, 0.6) is 0 Å². The summed E-state index contributed by atoms with van der Waals surface area (Å²) in [6.45, 7) is 2.30. The molecule has 0 unspecified atom stereocenters. The molecule has 0 aromatic carbocycles. The zero-order valence-corrected chi connectivity index (χ0v) is 25.4. The van der Waals surface area contributed by atoms with Crippen molar-refractivity contribution in [2.24, 2.45) is 11.5 Å². The number of hydrogen-bond donors (Lipinski definition) is 2. The minimum Gasteiger partial charge on any atom is -0.316 e. The molecular formula is C34H72N2. The number of unbranched alkanes of at least 4 members (excludes halogenated alkanes) is 30. The van der Waals surface area contributed by atoms with Crippen molar-refractivity contribution in [2.45, 2.75) is 219 Å². The van der Waals surface area contributed by atoms with Gasteiger partial charge < -0.3 is 11.5 Å². The van der Waals surface area contributed by atoms with E-state index in [-0.39, 0.29) is 6.17 Å². The molecule has 0 atom stereocenters. The first-order chi connectivity index (χ1) is 17.8. The molecule has 4 N–H and O–H groups in total. The third-order valence-corrected chi connectivity index (χ3v) is 8.14. The van der Waals surface area contributed by atoms with Crippen molar-refractivity contribution in [2.75, 3.05) is 0 Å². The molecule has 2 heteroatoms. The maximum absolute atomic E-state index is 5.58. The highest BCUT2D eigenvalue weighted by Crippen LogP contribution is 2.16. The highest BCUT2D eigenvalue weighted by atomic mass is 14.8. The highest BCUT2D eigenvalue weighted by Gasteiger charge is 1.97. The van der Waals surface area contributed by atoms with E-state index in [1.54, 1.807) is 0 Å². The van der Waals surface area contributed by atoms with Crippen molar-refractivity contribution in [1.29, 1.82) is 0 Å². The zero-order chi connectivity index (χ0) is 26.2. The van der Waals surface area contributed by atoms with Gasteiger partial charge in [0.1, 0.15) is 0 Å². The summed E-state index contributed by atoms with van der Waals surface area (Å²) < 4.78 is 0. The fraction of sp³-hybridized carbons (Fsp3) is 1.00. The summed E-state index contributed by atoms with van der Waals surface area (Å²) >= 11 is 0. The van der Waals surface area contributed by atoms with Gasteiger partial charge in [-0.1, -0.05) is 206 Å². The molecule has 0 bridgehead atoms. The highest BCUT2D eigenvalue weighted by molar-refractivity contribution is 4.54. The van der Waals surface area contributed by atoms with Crippen LogP contribution >= 0.6 is 0 Å². The van der Waals surface area contributed by atoms with Gasteiger partial charge in [0.15, 0.2) is 0 Å². The van der Waals surface area contributed by atoms with E-state index >= 15 is 0 Å². The van der Waals surface area contributed by atoms with Gasteiger partial charge in [-0.05, 0) is 6.42 Å². The van der Waals surface area contributed by atoms with Crippen molar-refractivity contribution in [3.05, 3.63) is 0 Å². The summed E-state index contributed by atoms with van der Waals surface area (Å²) in [5.41, 5.74) is 11.2. The van der Waals surface area contributed by atoms with Gasteiger partial charge in [-0.15, -0.1) is 0 Å². The monoisotopic (exact) mass is 509 g/mol. The van der Waals surface area contributed by atoms with Crippen LogP contribution in [0.4, 0.5) is 0 Å². The molecule has 0 spiro atoms. The molecule has 0 saturated carbocycles. The summed E-state index contributed by atoms with van der Waals surface area (Å²) in [6, 6.07) is 0. The molecule has 0 aliphatic carbocycles. The third-order valence-electron chi connectivity index (χ3n) is 8.14. The van der Waals surface area contributed by atoms with Crippen molar-refractivity contribution < 1.29 is 0 Å². The van der Waals surface area contributed by atoms with E-state index in [0.717, 1.165) is 6.42 Å². The number of rotatable bonds is 32.